The number of hydrogen-bond acceptors (Lipinski definition) is 5. The normalized spacial score (nSPS) is 19.1. The molecule has 0 fully saturated rings. The fourth-order valence-electron chi connectivity index (χ4n) is 1.71. The van der Waals surface area contributed by atoms with Crippen LogP contribution in [0.5, 0.6) is 0 Å². The van der Waals surface area contributed by atoms with Crippen LogP contribution in [0.25, 0.3) is 0 Å². The lowest BCUT2D eigenvalue weighted by Gasteiger charge is -1.99. The maximum absolute atomic E-state index is 11.7. The molecule has 7 nitrogen and oxygen atoms in total. The van der Waals surface area contributed by atoms with Gasteiger partial charge in [-0.05, 0) is 18.6 Å². The van der Waals surface area contributed by atoms with Crippen molar-refractivity contribution in [3.05, 3.63) is 29.8 Å². The van der Waals surface area contributed by atoms with Crippen LogP contribution in [-0.4, -0.2) is 35.0 Å². The van der Waals surface area contributed by atoms with Gasteiger partial charge in [0, 0.05) is 12.1 Å². The predicted molar refractivity (Wildman–Crippen MR) is 70.8 cm³/mol. The lowest BCUT2D eigenvalue weighted by atomic mass is 10.2. The third kappa shape index (κ3) is 3.31. The average molecular weight is 303 g/mol. The molecule has 1 aromatic carbocycles. The Bertz CT molecular complexity index is 723. The second-order valence-corrected chi connectivity index (χ2v) is 7.44. The topological polar surface area (TPSA) is 119 Å². The van der Waals surface area contributed by atoms with Crippen LogP contribution in [0.3, 0.4) is 0 Å². The average Bonchev–Trinajstić information content (AvgIpc) is 2.57. The van der Waals surface area contributed by atoms with Crippen LogP contribution < -0.4 is 9.86 Å². The summed E-state index contributed by atoms with van der Waals surface area (Å²) in [6.07, 6.45) is 0.242. The summed E-state index contributed by atoms with van der Waals surface area (Å²) in [4.78, 5) is 4.25. The molecular formula is C10H13N3O4S2. The molecule has 0 spiro atoms. The minimum atomic E-state index is -3.54. The number of benzene rings is 1. The number of rotatable bonds is 4. The number of primary sulfonamides is 1. The van der Waals surface area contributed by atoms with Crippen molar-refractivity contribution in [2.24, 2.45) is 10.1 Å². The highest BCUT2D eigenvalue weighted by Crippen LogP contribution is 2.21. The van der Waals surface area contributed by atoms with E-state index in [1.807, 2.05) is 0 Å². The first-order valence-electron chi connectivity index (χ1n) is 5.47. The number of amidine groups is 1. The van der Waals surface area contributed by atoms with Gasteiger partial charge in [-0.3, -0.25) is 9.71 Å². The molecule has 0 aromatic heterocycles. The smallest absolute Gasteiger partial charge is 0.263 e. The van der Waals surface area contributed by atoms with Gasteiger partial charge in [0.25, 0.3) is 10.0 Å². The molecule has 0 radical (unpaired) electrons. The summed E-state index contributed by atoms with van der Waals surface area (Å²) in [6.45, 7) is 0.183. The summed E-state index contributed by atoms with van der Waals surface area (Å²) in [6, 6.07) is 6.47. The highest BCUT2D eigenvalue weighted by Gasteiger charge is 2.29. The van der Waals surface area contributed by atoms with E-state index >= 15 is 0 Å². The second-order valence-electron chi connectivity index (χ2n) is 4.05. The van der Waals surface area contributed by atoms with E-state index in [0.29, 0.717) is 5.56 Å². The molecule has 2 rings (SSSR count). The summed E-state index contributed by atoms with van der Waals surface area (Å²) >= 11 is 0. The molecule has 0 bridgehead atoms. The van der Waals surface area contributed by atoms with Gasteiger partial charge in [-0.2, -0.15) is 0 Å². The summed E-state index contributed by atoms with van der Waals surface area (Å²) in [7, 11) is -7.06. The number of aliphatic imine (C=N–C) groups is 1. The van der Waals surface area contributed by atoms with Gasteiger partial charge >= 0.3 is 0 Å². The first kappa shape index (κ1) is 14.0. The molecule has 1 heterocycles. The monoisotopic (exact) mass is 303 g/mol. The third-order valence-corrected chi connectivity index (χ3v) is 4.77. The van der Waals surface area contributed by atoms with E-state index in [9.17, 15) is 16.8 Å². The van der Waals surface area contributed by atoms with E-state index in [1.54, 1.807) is 18.2 Å². The van der Waals surface area contributed by atoms with Crippen molar-refractivity contribution in [1.29, 1.82) is 0 Å². The summed E-state index contributed by atoms with van der Waals surface area (Å²) in [5.74, 6) is 0.0584. The summed E-state index contributed by atoms with van der Waals surface area (Å²) in [5.41, 5.74) is 0.498. The Morgan fingerprint density at radius 1 is 1.26 bits per heavy atom. The third-order valence-electron chi connectivity index (χ3n) is 2.52. The van der Waals surface area contributed by atoms with Crippen LogP contribution in [-0.2, 0) is 20.0 Å². The predicted octanol–water partition coefficient (Wildman–Crippen LogP) is -0.596. The van der Waals surface area contributed by atoms with Crippen LogP contribution >= 0.6 is 0 Å². The van der Waals surface area contributed by atoms with Crippen LogP contribution in [0, 0.1) is 0 Å². The standard InChI is InChI=1S/C10H13N3O4S2/c11-18(14,15)7-3-6-12-10-8-4-1-2-5-9(8)19(16,17)13-10/h1-2,4-5H,3,6-7H2,(H,12,13)(H2,11,14,15). The molecule has 19 heavy (non-hydrogen) atoms. The summed E-state index contributed by atoms with van der Waals surface area (Å²) in [5, 5.41) is 4.86. The summed E-state index contributed by atoms with van der Waals surface area (Å²) < 4.78 is 47.3. The van der Waals surface area contributed by atoms with Gasteiger partial charge in [0.2, 0.25) is 10.0 Å². The van der Waals surface area contributed by atoms with Gasteiger partial charge in [-0.15, -0.1) is 0 Å². The largest absolute Gasteiger partial charge is 0.267 e. The van der Waals surface area contributed by atoms with E-state index in [-0.39, 0.29) is 29.4 Å². The van der Waals surface area contributed by atoms with Crippen molar-refractivity contribution in [2.45, 2.75) is 11.3 Å². The molecule has 0 saturated carbocycles. The Kier molecular flexibility index (Phi) is 3.61. The van der Waals surface area contributed by atoms with Gasteiger partial charge in [-0.1, -0.05) is 12.1 Å². The van der Waals surface area contributed by atoms with Crippen molar-refractivity contribution in [1.82, 2.24) is 4.72 Å². The van der Waals surface area contributed by atoms with Gasteiger partial charge in [0.15, 0.2) is 0 Å². The molecule has 1 aliphatic rings. The number of nitrogens with two attached hydrogens (primary N) is 1. The molecule has 9 heteroatoms. The highest BCUT2D eigenvalue weighted by molar-refractivity contribution is 7.90. The SMILES string of the molecule is NS(=O)(=O)CCCN=C1NS(=O)(=O)c2ccccc21. The number of nitrogens with zero attached hydrogens (tertiary/aromatic N) is 1. The zero-order chi connectivity index (χ0) is 14.1. The number of nitrogens with one attached hydrogen (secondary N) is 1. The van der Waals surface area contributed by atoms with E-state index < -0.39 is 20.0 Å². The minimum Gasteiger partial charge on any atom is -0.267 e. The molecule has 1 aliphatic heterocycles. The Labute approximate surface area is 111 Å². The Balaban J connectivity index is 2.16. The van der Waals surface area contributed by atoms with Gasteiger partial charge < -0.3 is 0 Å². The number of hydrogen-bond donors (Lipinski definition) is 2. The zero-order valence-corrected chi connectivity index (χ0v) is 11.5. The second kappa shape index (κ2) is 4.91. The van der Waals surface area contributed by atoms with E-state index in [2.05, 4.69) is 9.71 Å². The fourth-order valence-corrected chi connectivity index (χ4v) is 3.49. The van der Waals surface area contributed by atoms with Crippen molar-refractivity contribution in [2.75, 3.05) is 12.3 Å². The maximum atomic E-state index is 11.7. The van der Waals surface area contributed by atoms with E-state index in [0.717, 1.165) is 0 Å². The van der Waals surface area contributed by atoms with Crippen molar-refractivity contribution in [3.8, 4) is 0 Å². The molecule has 0 amide bonds. The van der Waals surface area contributed by atoms with Crippen molar-refractivity contribution in [3.63, 3.8) is 0 Å². The first-order valence-corrected chi connectivity index (χ1v) is 8.67. The molecule has 0 unspecified atom stereocenters. The van der Waals surface area contributed by atoms with Crippen molar-refractivity contribution < 1.29 is 16.8 Å². The molecule has 0 atom stereocenters. The molecule has 0 saturated heterocycles. The quantitative estimate of drug-likeness (QED) is 0.722. The fraction of sp³-hybridized carbons (Fsp3) is 0.300. The van der Waals surface area contributed by atoms with Crippen LogP contribution in [0.2, 0.25) is 0 Å². The Morgan fingerprint density at radius 3 is 2.63 bits per heavy atom. The Morgan fingerprint density at radius 2 is 1.95 bits per heavy atom. The molecule has 1 aromatic rings. The maximum Gasteiger partial charge on any atom is 0.263 e. The molecular weight excluding hydrogens is 290 g/mol. The van der Waals surface area contributed by atoms with Crippen LogP contribution in [0.4, 0.5) is 0 Å². The van der Waals surface area contributed by atoms with Crippen LogP contribution in [0.15, 0.2) is 34.2 Å². The lowest BCUT2D eigenvalue weighted by Crippen LogP contribution is -2.23. The molecule has 0 aliphatic carbocycles. The van der Waals surface area contributed by atoms with Crippen molar-refractivity contribution >= 4 is 25.9 Å². The first-order chi connectivity index (χ1) is 8.80. The zero-order valence-electron chi connectivity index (χ0n) is 9.90. The van der Waals surface area contributed by atoms with Gasteiger partial charge in [-0.25, -0.2) is 22.0 Å². The lowest BCUT2D eigenvalue weighted by molar-refractivity contribution is 0.592. The Hall–Kier alpha value is -1.45. The number of fused-ring (bicyclic) bond motifs is 1. The van der Waals surface area contributed by atoms with Crippen LogP contribution in [0.1, 0.15) is 12.0 Å². The minimum absolute atomic E-state index is 0.181. The highest BCUT2D eigenvalue weighted by atomic mass is 32.2. The number of sulfonamides is 2. The van der Waals surface area contributed by atoms with E-state index in [4.69, 9.17) is 5.14 Å². The molecule has 104 valence electrons. The molecule has 3 N–H and O–H groups in total. The van der Waals surface area contributed by atoms with Gasteiger partial charge in [0.1, 0.15) is 5.84 Å². The van der Waals surface area contributed by atoms with Gasteiger partial charge in [0.05, 0.1) is 10.6 Å². The van der Waals surface area contributed by atoms with E-state index in [1.165, 1.54) is 6.07 Å².